The third-order valence-electron chi connectivity index (χ3n) is 4.10. The third kappa shape index (κ3) is 5.91. The molecule has 2 N–H and O–H groups in total. The van der Waals surface area contributed by atoms with Gasteiger partial charge < -0.3 is 15.2 Å². The standard InChI is InChI=1S/C15H29NO3/c1-15(2,3)13-6-4-12(5-7-13)14(18)16-8-10-19-11-9-17/h12-13,17H,4-11H2,1-3H3,(H,16,18). The van der Waals surface area contributed by atoms with Gasteiger partial charge in [-0.15, -0.1) is 0 Å². The van der Waals surface area contributed by atoms with Crippen LogP contribution in [0.3, 0.4) is 0 Å². The summed E-state index contributed by atoms with van der Waals surface area (Å²) in [4.78, 5) is 12.0. The minimum atomic E-state index is 0.0325. The maximum absolute atomic E-state index is 12.0. The first-order chi connectivity index (χ1) is 8.95. The van der Waals surface area contributed by atoms with Gasteiger partial charge in [0.05, 0.1) is 19.8 Å². The highest BCUT2D eigenvalue weighted by atomic mass is 16.5. The smallest absolute Gasteiger partial charge is 0.223 e. The molecule has 0 aromatic heterocycles. The van der Waals surface area contributed by atoms with Gasteiger partial charge in [0.2, 0.25) is 5.91 Å². The van der Waals surface area contributed by atoms with Crippen molar-refractivity contribution in [1.82, 2.24) is 5.32 Å². The van der Waals surface area contributed by atoms with Gasteiger partial charge in [-0.25, -0.2) is 0 Å². The summed E-state index contributed by atoms with van der Waals surface area (Å²) in [6.07, 6.45) is 4.32. The lowest BCUT2D eigenvalue weighted by molar-refractivity contribution is -0.126. The molecule has 112 valence electrons. The van der Waals surface area contributed by atoms with Crippen LogP contribution < -0.4 is 5.32 Å². The zero-order valence-electron chi connectivity index (χ0n) is 12.6. The summed E-state index contributed by atoms with van der Waals surface area (Å²) in [7, 11) is 0. The Balaban J connectivity index is 2.18. The van der Waals surface area contributed by atoms with Crippen molar-refractivity contribution in [1.29, 1.82) is 0 Å². The van der Waals surface area contributed by atoms with Crippen LogP contribution in [-0.4, -0.2) is 37.4 Å². The van der Waals surface area contributed by atoms with Crippen LogP contribution in [0.5, 0.6) is 0 Å². The van der Waals surface area contributed by atoms with Crippen LogP contribution in [0, 0.1) is 17.3 Å². The van der Waals surface area contributed by atoms with E-state index in [9.17, 15) is 4.79 Å². The molecule has 1 rings (SSSR count). The molecule has 1 fully saturated rings. The molecule has 0 radical (unpaired) electrons. The van der Waals surface area contributed by atoms with Gasteiger partial charge in [-0.05, 0) is 37.0 Å². The Hall–Kier alpha value is -0.610. The Morgan fingerprint density at radius 2 is 1.84 bits per heavy atom. The molecule has 1 amide bonds. The van der Waals surface area contributed by atoms with Crippen LogP contribution in [-0.2, 0) is 9.53 Å². The van der Waals surface area contributed by atoms with Crippen molar-refractivity contribution in [3.05, 3.63) is 0 Å². The average molecular weight is 271 g/mol. The molecule has 4 nitrogen and oxygen atoms in total. The fraction of sp³-hybridized carbons (Fsp3) is 0.933. The average Bonchev–Trinajstić information content (AvgIpc) is 2.37. The molecule has 0 aromatic rings. The minimum Gasteiger partial charge on any atom is -0.394 e. The minimum absolute atomic E-state index is 0.0325. The zero-order valence-corrected chi connectivity index (χ0v) is 12.6. The number of aliphatic hydroxyl groups is 1. The number of nitrogens with one attached hydrogen (secondary N) is 1. The number of rotatable bonds is 6. The molecule has 0 saturated heterocycles. The number of aliphatic hydroxyl groups excluding tert-OH is 1. The van der Waals surface area contributed by atoms with E-state index in [0.29, 0.717) is 25.2 Å². The molecule has 1 aliphatic rings. The van der Waals surface area contributed by atoms with Crippen molar-refractivity contribution in [2.45, 2.75) is 46.5 Å². The number of carbonyl (C=O) groups is 1. The van der Waals surface area contributed by atoms with E-state index in [1.807, 2.05) is 0 Å². The third-order valence-corrected chi connectivity index (χ3v) is 4.10. The van der Waals surface area contributed by atoms with Crippen molar-refractivity contribution < 1.29 is 14.6 Å². The molecule has 0 aromatic carbocycles. The van der Waals surface area contributed by atoms with Crippen LogP contribution in [0.15, 0.2) is 0 Å². The highest BCUT2D eigenvalue weighted by molar-refractivity contribution is 5.78. The molecule has 0 aliphatic heterocycles. The van der Waals surface area contributed by atoms with E-state index < -0.39 is 0 Å². The van der Waals surface area contributed by atoms with E-state index in [-0.39, 0.29) is 18.4 Å². The topological polar surface area (TPSA) is 58.6 Å². The largest absolute Gasteiger partial charge is 0.394 e. The molecule has 1 aliphatic carbocycles. The Kier molecular flexibility index (Phi) is 6.80. The number of amides is 1. The monoisotopic (exact) mass is 271 g/mol. The fourth-order valence-electron chi connectivity index (χ4n) is 2.78. The fourth-order valence-corrected chi connectivity index (χ4v) is 2.78. The first kappa shape index (κ1) is 16.4. The van der Waals surface area contributed by atoms with Crippen molar-refractivity contribution >= 4 is 5.91 Å². The highest BCUT2D eigenvalue weighted by Crippen LogP contribution is 2.39. The van der Waals surface area contributed by atoms with Gasteiger partial charge in [0, 0.05) is 12.5 Å². The van der Waals surface area contributed by atoms with E-state index in [1.165, 1.54) is 0 Å². The first-order valence-electron chi connectivity index (χ1n) is 7.41. The normalized spacial score (nSPS) is 24.2. The maximum atomic E-state index is 12.0. The van der Waals surface area contributed by atoms with Gasteiger partial charge in [0.25, 0.3) is 0 Å². The Labute approximate surface area is 116 Å². The van der Waals surface area contributed by atoms with Crippen LogP contribution in [0.4, 0.5) is 0 Å². The number of carbonyl (C=O) groups excluding carboxylic acids is 1. The second-order valence-corrected chi connectivity index (χ2v) is 6.54. The summed E-state index contributed by atoms with van der Waals surface area (Å²) in [5, 5.41) is 11.5. The summed E-state index contributed by atoms with van der Waals surface area (Å²) >= 11 is 0. The first-order valence-corrected chi connectivity index (χ1v) is 7.41. The van der Waals surface area contributed by atoms with Crippen LogP contribution in [0.2, 0.25) is 0 Å². The number of hydrogen-bond donors (Lipinski definition) is 2. The number of hydrogen-bond acceptors (Lipinski definition) is 3. The predicted molar refractivity (Wildman–Crippen MR) is 75.8 cm³/mol. The second-order valence-electron chi connectivity index (χ2n) is 6.54. The molecule has 4 heteroatoms. The lowest BCUT2D eigenvalue weighted by Gasteiger charge is -2.36. The molecule has 0 unspecified atom stereocenters. The van der Waals surface area contributed by atoms with Crippen molar-refractivity contribution in [3.8, 4) is 0 Å². The number of ether oxygens (including phenoxy) is 1. The van der Waals surface area contributed by atoms with Gasteiger partial charge >= 0.3 is 0 Å². The van der Waals surface area contributed by atoms with Crippen molar-refractivity contribution in [3.63, 3.8) is 0 Å². The summed E-state index contributed by atoms with van der Waals surface area (Å²) in [5.74, 6) is 1.08. The van der Waals surface area contributed by atoms with Gasteiger partial charge in [0.1, 0.15) is 0 Å². The molecule has 0 atom stereocenters. The van der Waals surface area contributed by atoms with E-state index in [0.717, 1.165) is 31.6 Å². The summed E-state index contributed by atoms with van der Waals surface area (Å²) in [5.41, 5.74) is 0.361. The van der Waals surface area contributed by atoms with Crippen LogP contribution in [0.25, 0.3) is 0 Å². The Morgan fingerprint density at radius 3 is 2.37 bits per heavy atom. The van der Waals surface area contributed by atoms with Crippen LogP contribution >= 0.6 is 0 Å². The molecule has 19 heavy (non-hydrogen) atoms. The van der Waals surface area contributed by atoms with E-state index >= 15 is 0 Å². The molecule has 1 saturated carbocycles. The van der Waals surface area contributed by atoms with Gasteiger partial charge in [0.15, 0.2) is 0 Å². The maximum Gasteiger partial charge on any atom is 0.223 e. The Bertz CT molecular complexity index is 265. The van der Waals surface area contributed by atoms with E-state index in [4.69, 9.17) is 9.84 Å². The van der Waals surface area contributed by atoms with Gasteiger partial charge in [-0.1, -0.05) is 20.8 Å². The molecular formula is C15H29NO3. The summed E-state index contributed by atoms with van der Waals surface area (Å²) in [6, 6.07) is 0. The van der Waals surface area contributed by atoms with E-state index in [2.05, 4.69) is 26.1 Å². The second kappa shape index (κ2) is 7.85. The van der Waals surface area contributed by atoms with Crippen LogP contribution in [0.1, 0.15) is 46.5 Å². The van der Waals surface area contributed by atoms with Crippen molar-refractivity contribution in [2.24, 2.45) is 17.3 Å². The zero-order chi connectivity index (χ0) is 14.3. The van der Waals surface area contributed by atoms with E-state index in [1.54, 1.807) is 0 Å². The lowest BCUT2D eigenvalue weighted by atomic mass is 9.70. The van der Waals surface area contributed by atoms with Crippen molar-refractivity contribution in [2.75, 3.05) is 26.4 Å². The summed E-state index contributed by atoms with van der Waals surface area (Å²) < 4.78 is 5.12. The summed E-state index contributed by atoms with van der Waals surface area (Å²) in [6.45, 7) is 8.25. The Morgan fingerprint density at radius 1 is 1.21 bits per heavy atom. The molecule has 0 heterocycles. The lowest BCUT2D eigenvalue weighted by Crippen LogP contribution is -2.36. The quantitative estimate of drug-likeness (QED) is 0.726. The van der Waals surface area contributed by atoms with Gasteiger partial charge in [-0.2, -0.15) is 0 Å². The molecule has 0 spiro atoms. The van der Waals surface area contributed by atoms with Gasteiger partial charge in [-0.3, -0.25) is 4.79 Å². The predicted octanol–water partition coefficient (Wildman–Crippen LogP) is 1.96. The molecule has 0 bridgehead atoms. The SMILES string of the molecule is CC(C)(C)C1CCC(C(=O)NCCOCCO)CC1. The molecular weight excluding hydrogens is 242 g/mol. The highest BCUT2D eigenvalue weighted by Gasteiger charge is 2.32.